The molecule has 1 aliphatic rings. The van der Waals surface area contributed by atoms with Crippen LogP contribution in [0, 0.1) is 0 Å². The number of benzene rings is 1. The molecule has 0 aliphatic carbocycles. The highest BCUT2D eigenvalue weighted by Gasteiger charge is 2.22. The highest BCUT2D eigenvalue weighted by Crippen LogP contribution is 2.27. The van der Waals surface area contributed by atoms with Crippen molar-refractivity contribution in [2.24, 2.45) is 0 Å². The van der Waals surface area contributed by atoms with Crippen molar-refractivity contribution in [1.29, 1.82) is 0 Å². The molecule has 1 fully saturated rings. The molecule has 1 N–H and O–H groups in total. The second-order valence-corrected chi connectivity index (χ2v) is 4.76. The van der Waals surface area contributed by atoms with E-state index in [1.807, 2.05) is 25.2 Å². The minimum Gasteiger partial charge on any atom is -0.377 e. The van der Waals surface area contributed by atoms with Crippen molar-refractivity contribution in [1.82, 2.24) is 9.97 Å². The van der Waals surface area contributed by atoms with E-state index in [0.717, 1.165) is 36.5 Å². The van der Waals surface area contributed by atoms with Crippen molar-refractivity contribution in [2.45, 2.75) is 13.0 Å². The van der Waals surface area contributed by atoms with Crippen LogP contribution in [-0.4, -0.2) is 42.8 Å². The van der Waals surface area contributed by atoms with Crippen LogP contribution in [0.4, 0.5) is 11.8 Å². The summed E-state index contributed by atoms with van der Waals surface area (Å²) in [6.45, 7) is 4.52. The molecular formula is C14H18N4O. The zero-order valence-corrected chi connectivity index (χ0v) is 11.3. The summed E-state index contributed by atoms with van der Waals surface area (Å²) < 4.78 is 5.50. The normalized spacial score (nSPS) is 19.7. The van der Waals surface area contributed by atoms with Crippen molar-refractivity contribution in [3.05, 3.63) is 24.3 Å². The number of hydrogen-bond donors (Lipinski definition) is 1. The molecule has 0 amide bonds. The summed E-state index contributed by atoms with van der Waals surface area (Å²) in [5.41, 5.74) is 0.968. The Bertz CT molecular complexity index is 587. The fourth-order valence-corrected chi connectivity index (χ4v) is 2.43. The molecule has 0 spiro atoms. The van der Waals surface area contributed by atoms with Gasteiger partial charge in [0.1, 0.15) is 5.82 Å². The average Bonchev–Trinajstić information content (AvgIpc) is 2.46. The number of ether oxygens (including phenoxy) is 1. The maximum Gasteiger partial charge on any atom is 0.224 e. The van der Waals surface area contributed by atoms with Crippen LogP contribution >= 0.6 is 0 Å². The molecule has 0 radical (unpaired) electrons. The Morgan fingerprint density at radius 3 is 2.95 bits per heavy atom. The van der Waals surface area contributed by atoms with Crippen molar-refractivity contribution < 1.29 is 4.74 Å². The summed E-state index contributed by atoms with van der Waals surface area (Å²) in [4.78, 5) is 11.4. The number of anilines is 2. The van der Waals surface area contributed by atoms with E-state index in [0.29, 0.717) is 12.0 Å². The van der Waals surface area contributed by atoms with Gasteiger partial charge < -0.3 is 15.0 Å². The van der Waals surface area contributed by atoms with E-state index in [-0.39, 0.29) is 0 Å². The molecule has 1 saturated heterocycles. The number of fused-ring (bicyclic) bond motifs is 1. The molecule has 1 unspecified atom stereocenters. The second-order valence-electron chi connectivity index (χ2n) is 4.76. The predicted molar refractivity (Wildman–Crippen MR) is 76.7 cm³/mol. The van der Waals surface area contributed by atoms with Gasteiger partial charge in [0, 0.05) is 19.0 Å². The van der Waals surface area contributed by atoms with Gasteiger partial charge in [0.25, 0.3) is 0 Å². The van der Waals surface area contributed by atoms with Gasteiger partial charge in [0.2, 0.25) is 5.95 Å². The highest BCUT2D eigenvalue weighted by atomic mass is 16.5. The monoisotopic (exact) mass is 258 g/mol. The molecule has 5 heteroatoms. The molecule has 0 saturated carbocycles. The van der Waals surface area contributed by atoms with Crippen LogP contribution in [0.15, 0.2) is 24.3 Å². The zero-order valence-electron chi connectivity index (χ0n) is 11.3. The van der Waals surface area contributed by atoms with Gasteiger partial charge in [-0.2, -0.15) is 4.98 Å². The molecule has 2 aromatic rings. The van der Waals surface area contributed by atoms with Crippen LogP contribution in [0.3, 0.4) is 0 Å². The summed E-state index contributed by atoms with van der Waals surface area (Å²) >= 11 is 0. The Labute approximate surface area is 112 Å². The molecule has 2 heterocycles. The molecular weight excluding hydrogens is 240 g/mol. The first-order valence-electron chi connectivity index (χ1n) is 6.58. The molecule has 1 aromatic heterocycles. The lowest BCUT2D eigenvalue weighted by Gasteiger charge is -2.34. The van der Waals surface area contributed by atoms with E-state index in [2.05, 4.69) is 33.2 Å². The third-order valence-electron chi connectivity index (χ3n) is 3.45. The zero-order chi connectivity index (χ0) is 13.2. The molecule has 1 aliphatic heterocycles. The smallest absolute Gasteiger partial charge is 0.224 e. The van der Waals surface area contributed by atoms with E-state index in [4.69, 9.17) is 4.74 Å². The SMILES string of the molecule is CNc1nc(N2CCOCC2C)c2ccccc2n1. The first kappa shape index (κ1) is 12.2. The van der Waals surface area contributed by atoms with E-state index in [1.165, 1.54) is 0 Å². The lowest BCUT2D eigenvalue weighted by atomic mass is 10.2. The fraction of sp³-hybridized carbons (Fsp3) is 0.429. The molecule has 5 nitrogen and oxygen atoms in total. The molecule has 1 atom stereocenters. The third kappa shape index (κ3) is 2.21. The third-order valence-corrected chi connectivity index (χ3v) is 3.45. The average molecular weight is 258 g/mol. The fourth-order valence-electron chi connectivity index (χ4n) is 2.43. The van der Waals surface area contributed by atoms with Gasteiger partial charge >= 0.3 is 0 Å². The van der Waals surface area contributed by atoms with E-state index in [9.17, 15) is 0 Å². The van der Waals surface area contributed by atoms with Gasteiger partial charge in [-0.1, -0.05) is 12.1 Å². The quantitative estimate of drug-likeness (QED) is 0.891. The van der Waals surface area contributed by atoms with Crippen molar-refractivity contribution in [2.75, 3.05) is 37.0 Å². The Hall–Kier alpha value is -1.88. The van der Waals surface area contributed by atoms with Gasteiger partial charge in [-0.15, -0.1) is 0 Å². The summed E-state index contributed by atoms with van der Waals surface area (Å²) in [6.07, 6.45) is 0. The van der Waals surface area contributed by atoms with E-state index in [1.54, 1.807) is 0 Å². The number of para-hydroxylation sites is 1. The molecule has 3 rings (SSSR count). The van der Waals surface area contributed by atoms with Crippen LogP contribution in [0.5, 0.6) is 0 Å². The maximum atomic E-state index is 5.50. The number of aromatic nitrogens is 2. The van der Waals surface area contributed by atoms with Gasteiger partial charge in [0.05, 0.1) is 24.8 Å². The van der Waals surface area contributed by atoms with E-state index < -0.39 is 0 Å². The number of rotatable bonds is 2. The molecule has 1 aromatic carbocycles. The Balaban J connectivity index is 2.14. The van der Waals surface area contributed by atoms with Crippen LogP contribution in [0.25, 0.3) is 10.9 Å². The van der Waals surface area contributed by atoms with Crippen LogP contribution in [0.1, 0.15) is 6.92 Å². The topological polar surface area (TPSA) is 50.3 Å². The van der Waals surface area contributed by atoms with Gasteiger partial charge in [-0.05, 0) is 19.1 Å². The highest BCUT2D eigenvalue weighted by molar-refractivity contribution is 5.90. The lowest BCUT2D eigenvalue weighted by Crippen LogP contribution is -2.44. The van der Waals surface area contributed by atoms with E-state index >= 15 is 0 Å². The molecule has 19 heavy (non-hydrogen) atoms. The second kappa shape index (κ2) is 5.01. The molecule has 0 bridgehead atoms. The maximum absolute atomic E-state index is 5.50. The van der Waals surface area contributed by atoms with Crippen LogP contribution in [0.2, 0.25) is 0 Å². The number of hydrogen-bond acceptors (Lipinski definition) is 5. The first-order valence-corrected chi connectivity index (χ1v) is 6.58. The minimum absolute atomic E-state index is 0.330. The summed E-state index contributed by atoms with van der Waals surface area (Å²) in [5, 5.41) is 4.13. The Morgan fingerprint density at radius 1 is 1.32 bits per heavy atom. The lowest BCUT2D eigenvalue weighted by molar-refractivity contribution is 0.0987. The predicted octanol–water partition coefficient (Wildman–Crippen LogP) is 1.90. The summed E-state index contributed by atoms with van der Waals surface area (Å²) in [7, 11) is 1.84. The van der Waals surface area contributed by atoms with Crippen LogP contribution in [-0.2, 0) is 4.74 Å². The van der Waals surface area contributed by atoms with Gasteiger partial charge in [-0.3, -0.25) is 0 Å². The van der Waals surface area contributed by atoms with Crippen molar-refractivity contribution in [3.8, 4) is 0 Å². The number of morpholine rings is 1. The van der Waals surface area contributed by atoms with Crippen molar-refractivity contribution in [3.63, 3.8) is 0 Å². The number of nitrogens with zero attached hydrogens (tertiary/aromatic N) is 3. The summed E-state index contributed by atoms with van der Waals surface area (Å²) in [6, 6.07) is 8.45. The Morgan fingerprint density at radius 2 is 2.16 bits per heavy atom. The van der Waals surface area contributed by atoms with Crippen molar-refractivity contribution >= 4 is 22.7 Å². The first-order chi connectivity index (χ1) is 9.29. The Kier molecular flexibility index (Phi) is 3.21. The molecule has 100 valence electrons. The standard InChI is InChI=1S/C14H18N4O/c1-10-9-19-8-7-18(10)13-11-5-3-4-6-12(11)16-14(15-2)17-13/h3-6,10H,7-9H2,1-2H3,(H,15,16,17). The van der Waals surface area contributed by atoms with Gasteiger partial charge in [-0.25, -0.2) is 4.98 Å². The largest absolute Gasteiger partial charge is 0.377 e. The number of nitrogens with one attached hydrogen (secondary N) is 1. The van der Waals surface area contributed by atoms with Crippen LogP contribution < -0.4 is 10.2 Å². The summed E-state index contributed by atoms with van der Waals surface area (Å²) in [5.74, 6) is 1.65. The van der Waals surface area contributed by atoms with Gasteiger partial charge in [0.15, 0.2) is 0 Å². The minimum atomic E-state index is 0.330.